The van der Waals surface area contributed by atoms with Gasteiger partial charge >= 0.3 is 0 Å². The van der Waals surface area contributed by atoms with E-state index in [0.717, 1.165) is 17.2 Å². The van der Waals surface area contributed by atoms with Crippen molar-refractivity contribution in [3.05, 3.63) is 16.1 Å². The number of methoxy groups -OCH3 is 1. The molecular formula is C12H21N3O2S. The third-order valence-electron chi connectivity index (χ3n) is 2.55. The number of hydrogen-bond donors (Lipinski definition) is 1. The highest BCUT2D eigenvalue weighted by atomic mass is 32.1. The van der Waals surface area contributed by atoms with Gasteiger partial charge in [0, 0.05) is 19.0 Å². The molecule has 0 aliphatic carbocycles. The molecule has 1 aromatic heterocycles. The molecule has 102 valence electrons. The molecule has 5 nitrogen and oxygen atoms in total. The summed E-state index contributed by atoms with van der Waals surface area (Å²) in [5.74, 6) is 0.00626. The van der Waals surface area contributed by atoms with Crippen LogP contribution in [0.5, 0.6) is 0 Å². The monoisotopic (exact) mass is 271 g/mol. The second-order valence-electron chi connectivity index (χ2n) is 4.31. The fraction of sp³-hybridized carbons (Fsp3) is 0.667. The van der Waals surface area contributed by atoms with Gasteiger partial charge in [0.1, 0.15) is 0 Å². The van der Waals surface area contributed by atoms with E-state index < -0.39 is 0 Å². The molecule has 6 heteroatoms. The number of carbonyl (C=O) groups is 1. The number of aromatic nitrogens is 1. The van der Waals surface area contributed by atoms with Crippen LogP contribution in [-0.2, 0) is 9.53 Å². The van der Waals surface area contributed by atoms with Crippen LogP contribution in [0.1, 0.15) is 23.7 Å². The lowest BCUT2D eigenvalue weighted by Crippen LogP contribution is -2.37. The Balaban J connectivity index is 2.35. The highest BCUT2D eigenvalue weighted by Gasteiger charge is 2.13. The Morgan fingerprint density at radius 3 is 2.94 bits per heavy atom. The van der Waals surface area contributed by atoms with E-state index in [9.17, 15) is 4.79 Å². The summed E-state index contributed by atoms with van der Waals surface area (Å²) in [6.07, 6.45) is 0. The summed E-state index contributed by atoms with van der Waals surface area (Å²) in [6, 6.07) is -0.0433. The van der Waals surface area contributed by atoms with Gasteiger partial charge in [0.25, 0.3) is 0 Å². The molecule has 1 rings (SSSR count). The average Bonchev–Trinajstić information content (AvgIpc) is 2.73. The van der Waals surface area contributed by atoms with Gasteiger partial charge in [0.05, 0.1) is 29.9 Å². The maximum absolute atomic E-state index is 11.8. The maximum atomic E-state index is 11.8. The van der Waals surface area contributed by atoms with E-state index in [0.29, 0.717) is 13.2 Å². The molecule has 1 heterocycles. The molecule has 0 bridgehead atoms. The van der Waals surface area contributed by atoms with Gasteiger partial charge in [-0.1, -0.05) is 0 Å². The predicted octanol–water partition coefficient (Wildman–Crippen LogP) is 1.21. The smallest absolute Gasteiger partial charge is 0.234 e. The van der Waals surface area contributed by atoms with Crippen LogP contribution in [-0.4, -0.2) is 49.6 Å². The van der Waals surface area contributed by atoms with Crippen molar-refractivity contribution in [3.63, 3.8) is 0 Å². The minimum Gasteiger partial charge on any atom is -0.383 e. The molecule has 0 aromatic carbocycles. The molecule has 1 unspecified atom stereocenters. The number of amides is 1. The largest absolute Gasteiger partial charge is 0.383 e. The Labute approximate surface area is 112 Å². The summed E-state index contributed by atoms with van der Waals surface area (Å²) in [5, 5.41) is 5.94. The van der Waals surface area contributed by atoms with Crippen molar-refractivity contribution in [2.24, 2.45) is 0 Å². The molecule has 1 N–H and O–H groups in total. The molecule has 1 amide bonds. The first kappa shape index (κ1) is 15.1. The van der Waals surface area contributed by atoms with Crippen molar-refractivity contribution in [2.75, 3.05) is 33.9 Å². The number of aryl methyl sites for hydroxylation is 1. The van der Waals surface area contributed by atoms with Gasteiger partial charge in [-0.3, -0.25) is 9.69 Å². The first-order chi connectivity index (χ1) is 8.52. The molecule has 0 radical (unpaired) electrons. The van der Waals surface area contributed by atoms with Crippen LogP contribution in [0.15, 0.2) is 5.38 Å². The van der Waals surface area contributed by atoms with Crippen LogP contribution in [0.25, 0.3) is 0 Å². The van der Waals surface area contributed by atoms with Crippen LogP contribution in [0.4, 0.5) is 0 Å². The Bertz CT molecular complexity index is 381. The average molecular weight is 271 g/mol. The third kappa shape index (κ3) is 5.12. The summed E-state index contributed by atoms with van der Waals surface area (Å²) >= 11 is 1.60. The summed E-state index contributed by atoms with van der Waals surface area (Å²) in [4.78, 5) is 18.1. The second-order valence-corrected chi connectivity index (χ2v) is 5.37. The standard InChI is InChI=1S/C12H21N3O2S/c1-9(11-8-18-10(2)14-11)13-12(16)7-15(3)5-6-17-4/h8-9H,5-7H2,1-4H3,(H,13,16). The first-order valence-corrected chi connectivity index (χ1v) is 6.79. The van der Waals surface area contributed by atoms with Gasteiger partial charge in [0.15, 0.2) is 0 Å². The number of rotatable bonds is 7. The normalized spacial score (nSPS) is 12.7. The van der Waals surface area contributed by atoms with Gasteiger partial charge in [-0.05, 0) is 20.9 Å². The molecule has 1 aromatic rings. The van der Waals surface area contributed by atoms with Gasteiger partial charge in [-0.2, -0.15) is 0 Å². The van der Waals surface area contributed by atoms with E-state index in [-0.39, 0.29) is 11.9 Å². The van der Waals surface area contributed by atoms with E-state index in [1.165, 1.54) is 0 Å². The minimum atomic E-state index is -0.0433. The van der Waals surface area contributed by atoms with Crippen molar-refractivity contribution in [1.29, 1.82) is 0 Å². The lowest BCUT2D eigenvalue weighted by molar-refractivity contribution is -0.122. The number of nitrogens with one attached hydrogen (secondary N) is 1. The van der Waals surface area contributed by atoms with Crippen molar-refractivity contribution < 1.29 is 9.53 Å². The zero-order chi connectivity index (χ0) is 13.5. The SMILES string of the molecule is COCCN(C)CC(=O)NC(C)c1csc(C)n1. The van der Waals surface area contributed by atoms with Crippen LogP contribution in [0.3, 0.4) is 0 Å². The molecule has 0 saturated carbocycles. The van der Waals surface area contributed by atoms with Crippen LogP contribution in [0, 0.1) is 6.92 Å². The molecule has 0 aliphatic rings. The molecule has 18 heavy (non-hydrogen) atoms. The molecular weight excluding hydrogens is 250 g/mol. The molecule has 0 fully saturated rings. The summed E-state index contributed by atoms with van der Waals surface area (Å²) < 4.78 is 4.97. The van der Waals surface area contributed by atoms with E-state index >= 15 is 0 Å². The molecule has 0 saturated heterocycles. The zero-order valence-corrected chi connectivity index (χ0v) is 12.2. The molecule has 0 aliphatic heterocycles. The Kier molecular flexibility index (Phi) is 6.24. The van der Waals surface area contributed by atoms with Crippen LogP contribution < -0.4 is 5.32 Å². The highest BCUT2D eigenvalue weighted by molar-refractivity contribution is 7.09. The minimum absolute atomic E-state index is 0.00626. The number of likely N-dealkylation sites (N-methyl/N-ethyl adjacent to an activating group) is 1. The zero-order valence-electron chi connectivity index (χ0n) is 11.4. The number of nitrogens with zero attached hydrogens (tertiary/aromatic N) is 2. The Morgan fingerprint density at radius 1 is 1.67 bits per heavy atom. The number of ether oxygens (including phenoxy) is 1. The molecule has 1 atom stereocenters. The quantitative estimate of drug-likeness (QED) is 0.810. The fourth-order valence-electron chi connectivity index (χ4n) is 1.51. The lowest BCUT2D eigenvalue weighted by atomic mass is 10.2. The first-order valence-electron chi connectivity index (χ1n) is 5.91. The van der Waals surface area contributed by atoms with E-state index in [1.807, 2.05) is 31.2 Å². The number of hydrogen-bond acceptors (Lipinski definition) is 5. The Hall–Kier alpha value is -0.980. The van der Waals surface area contributed by atoms with Crippen molar-refractivity contribution in [2.45, 2.75) is 19.9 Å². The number of thiazole rings is 1. The third-order valence-corrected chi connectivity index (χ3v) is 3.34. The fourth-order valence-corrected chi connectivity index (χ4v) is 2.22. The van der Waals surface area contributed by atoms with Crippen molar-refractivity contribution in [3.8, 4) is 0 Å². The second kappa shape index (κ2) is 7.45. The van der Waals surface area contributed by atoms with E-state index in [4.69, 9.17) is 4.74 Å². The van der Waals surface area contributed by atoms with E-state index in [2.05, 4.69) is 10.3 Å². The lowest BCUT2D eigenvalue weighted by Gasteiger charge is -2.17. The summed E-state index contributed by atoms with van der Waals surface area (Å²) in [6.45, 7) is 5.65. The topological polar surface area (TPSA) is 54.5 Å². The van der Waals surface area contributed by atoms with Gasteiger partial charge in [0.2, 0.25) is 5.91 Å². The summed E-state index contributed by atoms with van der Waals surface area (Å²) in [7, 11) is 3.55. The van der Waals surface area contributed by atoms with Gasteiger partial charge in [-0.15, -0.1) is 11.3 Å². The summed E-state index contributed by atoms with van der Waals surface area (Å²) in [5.41, 5.74) is 0.922. The highest BCUT2D eigenvalue weighted by Crippen LogP contribution is 2.15. The van der Waals surface area contributed by atoms with Gasteiger partial charge in [-0.25, -0.2) is 4.98 Å². The van der Waals surface area contributed by atoms with E-state index in [1.54, 1.807) is 18.4 Å². The van der Waals surface area contributed by atoms with Gasteiger partial charge < -0.3 is 10.1 Å². The van der Waals surface area contributed by atoms with Crippen molar-refractivity contribution in [1.82, 2.24) is 15.2 Å². The number of carbonyl (C=O) groups excluding carboxylic acids is 1. The maximum Gasteiger partial charge on any atom is 0.234 e. The molecule has 0 spiro atoms. The van der Waals surface area contributed by atoms with Crippen LogP contribution >= 0.6 is 11.3 Å². The van der Waals surface area contributed by atoms with Crippen LogP contribution in [0.2, 0.25) is 0 Å². The van der Waals surface area contributed by atoms with Crippen molar-refractivity contribution >= 4 is 17.2 Å². The predicted molar refractivity (Wildman–Crippen MR) is 72.8 cm³/mol. The Morgan fingerprint density at radius 2 is 2.39 bits per heavy atom.